The number of halogens is 1. The van der Waals surface area contributed by atoms with Crippen LogP contribution in [0.5, 0.6) is 11.5 Å². The van der Waals surface area contributed by atoms with Crippen molar-refractivity contribution in [3.63, 3.8) is 0 Å². The maximum Gasteiger partial charge on any atom is 0.217 e. The van der Waals surface area contributed by atoms with Gasteiger partial charge in [0.2, 0.25) is 5.91 Å². The SMILES string of the molecule is CC(=O)N[C@@H](C)c1cc2c(cc1Br)OCCO2. The van der Waals surface area contributed by atoms with Crippen molar-refractivity contribution in [1.29, 1.82) is 0 Å². The highest BCUT2D eigenvalue weighted by Crippen LogP contribution is 2.37. The first-order valence-electron chi connectivity index (χ1n) is 5.44. The monoisotopic (exact) mass is 299 g/mol. The maximum atomic E-state index is 11.0. The molecule has 0 unspecified atom stereocenters. The van der Waals surface area contributed by atoms with Crippen molar-refractivity contribution in [2.24, 2.45) is 0 Å². The summed E-state index contributed by atoms with van der Waals surface area (Å²) in [5, 5.41) is 2.84. The molecule has 0 aromatic heterocycles. The first-order chi connectivity index (χ1) is 8.08. The Morgan fingerprint density at radius 3 is 2.53 bits per heavy atom. The van der Waals surface area contributed by atoms with E-state index >= 15 is 0 Å². The van der Waals surface area contributed by atoms with Crippen LogP contribution in [0.4, 0.5) is 0 Å². The van der Waals surface area contributed by atoms with Gasteiger partial charge in [-0.1, -0.05) is 15.9 Å². The van der Waals surface area contributed by atoms with Crippen molar-refractivity contribution in [2.45, 2.75) is 19.9 Å². The van der Waals surface area contributed by atoms with Crippen LogP contribution in [0, 0.1) is 0 Å². The molecule has 1 aromatic carbocycles. The molecule has 1 aliphatic rings. The van der Waals surface area contributed by atoms with Gasteiger partial charge in [-0.05, 0) is 24.6 Å². The number of ether oxygens (including phenoxy) is 2. The van der Waals surface area contributed by atoms with Crippen LogP contribution in [0.3, 0.4) is 0 Å². The molecule has 1 aromatic rings. The van der Waals surface area contributed by atoms with Crippen molar-refractivity contribution in [2.75, 3.05) is 13.2 Å². The molecule has 4 nitrogen and oxygen atoms in total. The molecule has 1 aliphatic heterocycles. The predicted molar refractivity (Wildman–Crippen MR) is 67.4 cm³/mol. The van der Waals surface area contributed by atoms with Gasteiger partial charge in [0, 0.05) is 11.4 Å². The van der Waals surface area contributed by atoms with E-state index < -0.39 is 0 Å². The number of hydrogen-bond acceptors (Lipinski definition) is 3. The lowest BCUT2D eigenvalue weighted by atomic mass is 10.1. The molecule has 0 aliphatic carbocycles. The van der Waals surface area contributed by atoms with E-state index in [2.05, 4.69) is 21.2 Å². The standard InChI is InChI=1S/C12H14BrNO3/c1-7(14-8(2)15)9-5-11-12(6-10(9)13)17-4-3-16-11/h5-7H,3-4H2,1-2H3,(H,14,15)/t7-/m0/s1. The Bertz CT molecular complexity index is 448. The van der Waals surface area contributed by atoms with Crippen LogP contribution in [-0.2, 0) is 4.79 Å². The second-order valence-electron chi connectivity index (χ2n) is 3.94. The first-order valence-corrected chi connectivity index (χ1v) is 6.23. The van der Waals surface area contributed by atoms with Crippen LogP contribution in [0.15, 0.2) is 16.6 Å². The Morgan fingerprint density at radius 2 is 1.94 bits per heavy atom. The van der Waals surface area contributed by atoms with Gasteiger partial charge in [-0.2, -0.15) is 0 Å². The average molecular weight is 300 g/mol. The molecule has 0 saturated carbocycles. The Morgan fingerprint density at radius 1 is 1.35 bits per heavy atom. The van der Waals surface area contributed by atoms with Crippen molar-refractivity contribution in [3.05, 3.63) is 22.2 Å². The lowest BCUT2D eigenvalue weighted by Gasteiger charge is -2.22. The zero-order valence-corrected chi connectivity index (χ0v) is 11.3. The molecule has 0 fully saturated rings. The van der Waals surface area contributed by atoms with Gasteiger partial charge in [-0.3, -0.25) is 4.79 Å². The van der Waals surface area contributed by atoms with Crippen LogP contribution < -0.4 is 14.8 Å². The van der Waals surface area contributed by atoms with Gasteiger partial charge in [0.25, 0.3) is 0 Å². The summed E-state index contributed by atoms with van der Waals surface area (Å²) in [6.45, 7) is 4.56. The van der Waals surface area contributed by atoms with E-state index in [1.54, 1.807) is 0 Å². The molecule has 0 radical (unpaired) electrons. The highest BCUT2D eigenvalue weighted by Gasteiger charge is 2.18. The second-order valence-corrected chi connectivity index (χ2v) is 4.79. The van der Waals surface area contributed by atoms with Gasteiger partial charge >= 0.3 is 0 Å². The quantitative estimate of drug-likeness (QED) is 0.912. The molecule has 5 heteroatoms. The summed E-state index contributed by atoms with van der Waals surface area (Å²) < 4.78 is 11.9. The number of rotatable bonds is 2. The zero-order chi connectivity index (χ0) is 12.4. The average Bonchev–Trinajstić information content (AvgIpc) is 2.27. The smallest absolute Gasteiger partial charge is 0.217 e. The summed E-state index contributed by atoms with van der Waals surface area (Å²) in [6.07, 6.45) is 0. The van der Waals surface area contributed by atoms with Gasteiger partial charge in [0.05, 0.1) is 6.04 Å². The van der Waals surface area contributed by atoms with E-state index in [-0.39, 0.29) is 11.9 Å². The van der Waals surface area contributed by atoms with Crippen LogP contribution in [0.25, 0.3) is 0 Å². The summed E-state index contributed by atoms with van der Waals surface area (Å²) >= 11 is 3.48. The van der Waals surface area contributed by atoms with E-state index in [1.807, 2.05) is 19.1 Å². The third-order valence-corrected chi connectivity index (χ3v) is 3.23. The largest absolute Gasteiger partial charge is 0.486 e. The van der Waals surface area contributed by atoms with E-state index in [9.17, 15) is 4.79 Å². The number of carbonyl (C=O) groups excluding carboxylic acids is 1. The molecule has 1 amide bonds. The number of nitrogens with one attached hydrogen (secondary N) is 1. The second kappa shape index (κ2) is 4.96. The molecular formula is C12H14BrNO3. The summed E-state index contributed by atoms with van der Waals surface area (Å²) in [6, 6.07) is 3.71. The van der Waals surface area contributed by atoms with E-state index in [1.165, 1.54) is 6.92 Å². The Labute approximate surface area is 108 Å². The van der Waals surface area contributed by atoms with Crippen molar-refractivity contribution in [1.82, 2.24) is 5.32 Å². The Hall–Kier alpha value is -1.23. The molecular weight excluding hydrogens is 286 g/mol. The van der Waals surface area contributed by atoms with Crippen LogP contribution in [0.2, 0.25) is 0 Å². The minimum Gasteiger partial charge on any atom is -0.486 e. The van der Waals surface area contributed by atoms with Gasteiger partial charge in [-0.25, -0.2) is 0 Å². The van der Waals surface area contributed by atoms with E-state index in [0.717, 1.165) is 21.5 Å². The van der Waals surface area contributed by atoms with Gasteiger partial charge in [0.15, 0.2) is 11.5 Å². The molecule has 0 saturated heterocycles. The van der Waals surface area contributed by atoms with Gasteiger partial charge in [0.1, 0.15) is 13.2 Å². The topological polar surface area (TPSA) is 47.6 Å². The zero-order valence-electron chi connectivity index (χ0n) is 9.75. The van der Waals surface area contributed by atoms with Crippen molar-refractivity contribution >= 4 is 21.8 Å². The number of benzene rings is 1. The minimum absolute atomic E-state index is 0.0562. The molecule has 92 valence electrons. The fraction of sp³-hybridized carbons (Fsp3) is 0.417. The molecule has 2 rings (SSSR count). The molecule has 0 bridgehead atoms. The minimum atomic E-state index is -0.0716. The molecule has 1 atom stereocenters. The third-order valence-electron chi connectivity index (χ3n) is 2.55. The molecule has 17 heavy (non-hydrogen) atoms. The van der Waals surface area contributed by atoms with Gasteiger partial charge < -0.3 is 14.8 Å². The van der Waals surface area contributed by atoms with E-state index in [0.29, 0.717) is 13.2 Å². The maximum absolute atomic E-state index is 11.0. The highest BCUT2D eigenvalue weighted by molar-refractivity contribution is 9.10. The van der Waals surface area contributed by atoms with E-state index in [4.69, 9.17) is 9.47 Å². The number of carbonyl (C=O) groups is 1. The summed E-state index contributed by atoms with van der Waals surface area (Å²) in [7, 11) is 0. The molecule has 1 N–H and O–H groups in total. The summed E-state index contributed by atoms with van der Waals surface area (Å²) in [4.78, 5) is 11.0. The Balaban J connectivity index is 2.31. The highest BCUT2D eigenvalue weighted by atomic mass is 79.9. The van der Waals surface area contributed by atoms with Crippen LogP contribution >= 0.6 is 15.9 Å². The normalized spacial score (nSPS) is 15.2. The predicted octanol–water partition coefficient (Wildman–Crippen LogP) is 2.42. The lowest BCUT2D eigenvalue weighted by molar-refractivity contribution is -0.119. The Kier molecular flexibility index (Phi) is 3.57. The number of fused-ring (bicyclic) bond motifs is 1. The summed E-state index contributed by atoms with van der Waals surface area (Å²) in [5.74, 6) is 1.41. The number of hydrogen-bond donors (Lipinski definition) is 1. The first kappa shape index (κ1) is 12.2. The van der Waals surface area contributed by atoms with Crippen molar-refractivity contribution in [3.8, 4) is 11.5 Å². The summed E-state index contributed by atoms with van der Waals surface area (Å²) in [5.41, 5.74) is 0.976. The fourth-order valence-electron chi connectivity index (χ4n) is 1.79. The number of amides is 1. The molecule has 1 heterocycles. The third kappa shape index (κ3) is 2.72. The lowest BCUT2D eigenvalue weighted by Crippen LogP contribution is -2.24. The van der Waals surface area contributed by atoms with Gasteiger partial charge in [-0.15, -0.1) is 0 Å². The van der Waals surface area contributed by atoms with Crippen LogP contribution in [0.1, 0.15) is 25.5 Å². The fourth-order valence-corrected chi connectivity index (χ4v) is 2.46. The van der Waals surface area contributed by atoms with Crippen LogP contribution in [-0.4, -0.2) is 19.1 Å². The molecule has 0 spiro atoms. The van der Waals surface area contributed by atoms with Crippen molar-refractivity contribution < 1.29 is 14.3 Å².